The van der Waals surface area contributed by atoms with E-state index in [2.05, 4.69) is 26.5 Å². The van der Waals surface area contributed by atoms with Crippen LogP contribution < -0.4 is 5.32 Å². The lowest BCUT2D eigenvalue weighted by Crippen LogP contribution is -2.19. The second-order valence-corrected chi connectivity index (χ2v) is 6.32. The molecule has 2 heterocycles. The molecule has 6 heteroatoms. The molecule has 4 rings (SSSR count). The summed E-state index contributed by atoms with van der Waals surface area (Å²) in [5.74, 6) is 1.01. The number of rotatable bonds is 3. The van der Waals surface area contributed by atoms with Crippen LogP contribution in [0.5, 0.6) is 0 Å². The van der Waals surface area contributed by atoms with Gasteiger partial charge in [-0.25, -0.2) is 0 Å². The van der Waals surface area contributed by atoms with E-state index in [0.29, 0.717) is 11.7 Å². The van der Waals surface area contributed by atoms with Crippen molar-refractivity contribution < 1.29 is 9.32 Å². The van der Waals surface area contributed by atoms with Crippen molar-refractivity contribution >= 4 is 11.6 Å². The third-order valence-electron chi connectivity index (χ3n) is 4.49. The van der Waals surface area contributed by atoms with E-state index in [9.17, 15) is 4.79 Å². The Labute approximate surface area is 145 Å². The van der Waals surface area contributed by atoms with E-state index in [4.69, 9.17) is 4.52 Å². The van der Waals surface area contributed by atoms with Gasteiger partial charge in [-0.1, -0.05) is 17.3 Å². The normalized spacial score (nSPS) is 15.8. The summed E-state index contributed by atoms with van der Waals surface area (Å²) in [7, 11) is 0. The van der Waals surface area contributed by atoms with E-state index in [1.807, 2.05) is 31.2 Å². The van der Waals surface area contributed by atoms with Crippen LogP contribution in [-0.4, -0.2) is 21.0 Å². The van der Waals surface area contributed by atoms with Gasteiger partial charge in [-0.2, -0.15) is 4.98 Å². The third-order valence-corrected chi connectivity index (χ3v) is 4.49. The molecule has 0 radical (unpaired) electrons. The zero-order chi connectivity index (χ0) is 17.4. The molecule has 1 aliphatic rings. The molecule has 1 N–H and O–H groups in total. The number of nitrogens with zero attached hydrogens (tertiary/aromatic N) is 3. The van der Waals surface area contributed by atoms with Crippen molar-refractivity contribution in [3.63, 3.8) is 0 Å². The number of anilines is 1. The van der Waals surface area contributed by atoms with E-state index in [-0.39, 0.29) is 11.8 Å². The molecular formula is C19H18N4O2. The third kappa shape index (κ3) is 3.03. The van der Waals surface area contributed by atoms with Crippen LogP contribution in [0.3, 0.4) is 0 Å². The quantitative estimate of drug-likeness (QED) is 0.794. The first-order chi connectivity index (χ1) is 12.1. The maximum absolute atomic E-state index is 12.7. The van der Waals surface area contributed by atoms with Crippen molar-refractivity contribution in [3.05, 3.63) is 59.2 Å². The van der Waals surface area contributed by atoms with Crippen LogP contribution in [0.15, 0.2) is 41.1 Å². The molecule has 0 bridgehead atoms. The van der Waals surface area contributed by atoms with Gasteiger partial charge in [0.15, 0.2) is 0 Å². The highest BCUT2D eigenvalue weighted by Crippen LogP contribution is 2.36. The van der Waals surface area contributed by atoms with Crippen LogP contribution in [0.2, 0.25) is 0 Å². The molecular weight excluding hydrogens is 316 g/mol. The van der Waals surface area contributed by atoms with Crippen molar-refractivity contribution in [3.8, 4) is 11.4 Å². The van der Waals surface area contributed by atoms with Gasteiger partial charge in [0.1, 0.15) is 0 Å². The average Bonchev–Trinajstić information content (AvgIpc) is 3.20. The molecule has 1 amide bonds. The van der Waals surface area contributed by atoms with Gasteiger partial charge in [-0.15, -0.1) is 0 Å². The number of aryl methyl sites for hydroxylation is 3. The van der Waals surface area contributed by atoms with Crippen molar-refractivity contribution in [1.82, 2.24) is 15.1 Å². The highest BCUT2D eigenvalue weighted by Gasteiger charge is 2.29. The lowest BCUT2D eigenvalue weighted by Gasteiger charge is -2.13. The fraction of sp³-hybridized carbons (Fsp3) is 0.263. The molecule has 3 aromatic rings. The first-order valence-corrected chi connectivity index (χ1v) is 8.27. The Bertz CT molecular complexity index is 948. The minimum absolute atomic E-state index is 0.0208. The minimum Gasteiger partial charge on any atom is -0.339 e. The molecule has 1 atom stereocenters. The number of hydrogen-bond donors (Lipinski definition) is 1. The van der Waals surface area contributed by atoms with Crippen LogP contribution >= 0.6 is 0 Å². The summed E-state index contributed by atoms with van der Waals surface area (Å²) >= 11 is 0. The molecule has 126 valence electrons. The zero-order valence-electron chi connectivity index (χ0n) is 14.1. The second-order valence-electron chi connectivity index (χ2n) is 6.32. The first kappa shape index (κ1) is 15.5. The minimum atomic E-state index is -0.135. The molecule has 1 aliphatic carbocycles. The highest BCUT2D eigenvalue weighted by atomic mass is 16.5. The van der Waals surface area contributed by atoms with Gasteiger partial charge < -0.3 is 9.84 Å². The number of nitrogens with one attached hydrogen (secondary N) is 1. The zero-order valence-corrected chi connectivity index (χ0v) is 14.1. The monoisotopic (exact) mass is 334 g/mol. The largest absolute Gasteiger partial charge is 0.339 e. The number of hydrogen-bond acceptors (Lipinski definition) is 5. The number of benzene rings is 1. The molecule has 0 saturated carbocycles. The molecule has 1 aromatic carbocycles. The van der Waals surface area contributed by atoms with Crippen LogP contribution in [0.1, 0.15) is 35.1 Å². The average molecular weight is 334 g/mol. The topological polar surface area (TPSA) is 80.9 Å². The lowest BCUT2D eigenvalue weighted by atomic mass is 9.98. The number of aromatic nitrogens is 3. The number of amides is 1. The van der Waals surface area contributed by atoms with E-state index < -0.39 is 0 Å². The summed E-state index contributed by atoms with van der Waals surface area (Å²) in [4.78, 5) is 21.1. The number of carbonyl (C=O) groups is 1. The summed E-state index contributed by atoms with van der Waals surface area (Å²) in [5, 5.41) is 6.95. The van der Waals surface area contributed by atoms with Crippen molar-refractivity contribution in [2.45, 2.75) is 32.6 Å². The number of pyridine rings is 1. The molecule has 0 unspecified atom stereocenters. The standard InChI is InChI=1S/C19H18N4O2/c1-11-9-15(7-8-20-11)22-19(24)17-6-3-13-10-14(4-5-16(13)17)18-21-12(2)25-23-18/h4-5,7-10,17H,3,6H2,1-2H3,(H,20,22,24)/t17-/m0/s1. The van der Waals surface area contributed by atoms with Gasteiger partial charge in [0.05, 0.1) is 5.92 Å². The molecule has 0 aliphatic heterocycles. The SMILES string of the molecule is Cc1cc(NC(=O)[C@H]2CCc3cc(-c4noc(C)n4)ccc32)ccn1. The first-order valence-electron chi connectivity index (χ1n) is 8.27. The van der Waals surface area contributed by atoms with Gasteiger partial charge in [0.2, 0.25) is 17.6 Å². The summed E-state index contributed by atoms with van der Waals surface area (Å²) < 4.78 is 5.04. The maximum Gasteiger partial charge on any atom is 0.231 e. The van der Waals surface area contributed by atoms with Crippen molar-refractivity contribution in [2.75, 3.05) is 5.32 Å². The summed E-state index contributed by atoms with van der Waals surface area (Å²) in [6.45, 7) is 3.67. The van der Waals surface area contributed by atoms with Gasteiger partial charge in [-0.3, -0.25) is 9.78 Å². The summed E-state index contributed by atoms with van der Waals surface area (Å²) in [6.07, 6.45) is 3.38. The number of fused-ring (bicyclic) bond motifs is 1. The van der Waals surface area contributed by atoms with E-state index in [0.717, 1.165) is 35.3 Å². The molecule has 2 aromatic heterocycles. The predicted octanol–water partition coefficient (Wildman–Crippen LogP) is 3.42. The molecule has 0 saturated heterocycles. The van der Waals surface area contributed by atoms with Gasteiger partial charge in [0, 0.05) is 30.1 Å². The number of carbonyl (C=O) groups excluding carboxylic acids is 1. The van der Waals surface area contributed by atoms with E-state index in [1.54, 1.807) is 13.1 Å². The maximum atomic E-state index is 12.7. The van der Waals surface area contributed by atoms with Crippen LogP contribution in [0.25, 0.3) is 11.4 Å². The van der Waals surface area contributed by atoms with Gasteiger partial charge in [0.25, 0.3) is 0 Å². The predicted molar refractivity (Wildman–Crippen MR) is 93.1 cm³/mol. The Morgan fingerprint density at radius 2 is 2.12 bits per heavy atom. The van der Waals surface area contributed by atoms with Crippen LogP contribution in [0, 0.1) is 13.8 Å². The van der Waals surface area contributed by atoms with E-state index in [1.165, 1.54) is 5.56 Å². The summed E-state index contributed by atoms with van der Waals surface area (Å²) in [6, 6.07) is 9.69. The molecule has 6 nitrogen and oxygen atoms in total. The lowest BCUT2D eigenvalue weighted by molar-refractivity contribution is -0.117. The van der Waals surface area contributed by atoms with Crippen LogP contribution in [-0.2, 0) is 11.2 Å². The van der Waals surface area contributed by atoms with Crippen molar-refractivity contribution in [1.29, 1.82) is 0 Å². The Morgan fingerprint density at radius 1 is 1.24 bits per heavy atom. The molecule has 25 heavy (non-hydrogen) atoms. The Kier molecular flexibility index (Phi) is 3.80. The highest BCUT2D eigenvalue weighted by molar-refractivity contribution is 5.96. The molecule has 0 spiro atoms. The van der Waals surface area contributed by atoms with Gasteiger partial charge in [-0.05, 0) is 49.1 Å². The second kappa shape index (κ2) is 6.12. The summed E-state index contributed by atoms with van der Waals surface area (Å²) in [5.41, 5.74) is 4.83. The Morgan fingerprint density at radius 3 is 2.88 bits per heavy atom. The van der Waals surface area contributed by atoms with Gasteiger partial charge >= 0.3 is 0 Å². The Balaban J connectivity index is 1.56. The van der Waals surface area contributed by atoms with E-state index >= 15 is 0 Å². The fourth-order valence-electron chi connectivity index (χ4n) is 3.30. The molecule has 0 fully saturated rings. The Hall–Kier alpha value is -3.02. The van der Waals surface area contributed by atoms with Crippen LogP contribution in [0.4, 0.5) is 5.69 Å². The fourth-order valence-corrected chi connectivity index (χ4v) is 3.30. The van der Waals surface area contributed by atoms with Crippen molar-refractivity contribution in [2.24, 2.45) is 0 Å². The smallest absolute Gasteiger partial charge is 0.231 e.